The summed E-state index contributed by atoms with van der Waals surface area (Å²) < 4.78 is 15.9. The lowest BCUT2D eigenvalue weighted by molar-refractivity contribution is 0.0937. The van der Waals surface area contributed by atoms with E-state index in [2.05, 4.69) is 17.4 Å². The van der Waals surface area contributed by atoms with E-state index in [1.807, 2.05) is 25.1 Å². The summed E-state index contributed by atoms with van der Waals surface area (Å²) >= 11 is 0. The summed E-state index contributed by atoms with van der Waals surface area (Å²) in [5.41, 5.74) is 1.73. The molecule has 0 aliphatic heterocycles. The number of carbonyl (C=O) groups excluding carboxylic acids is 1. The Morgan fingerprint density at radius 3 is 2.12 bits per heavy atom. The molecular formula is C20H25NO4. The SMILES string of the molecule is COc1cc(C(=O)N[C@H](C)CCc2ccccc2)cc(OC)c1OC. The van der Waals surface area contributed by atoms with Gasteiger partial charge in [0.2, 0.25) is 5.75 Å². The number of hydrogen-bond acceptors (Lipinski definition) is 4. The smallest absolute Gasteiger partial charge is 0.251 e. The highest BCUT2D eigenvalue weighted by molar-refractivity contribution is 5.95. The number of hydrogen-bond donors (Lipinski definition) is 1. The minimum Gasteiger partial charge on any atom is -0.493 e. The predicted molar refractivity (Wildman–Crippen MR) is 97.8 cm³/mol. The Morgan fingerprint density at radius 1 is 1.00 bits per heavy atom. The van der Waals surface area contributed by atoms with Gasteiger partial charge in [0.05, 0.1) is 21.3 Å². The summed E-state index contributed by atoms with van der Waals surface area (Å²) in [6.45, 7) is 2.00. The molecule has 0 bridgehead atoms. The van der Waals surface area contributed by atoms with Crippen LogP contribution >= 0.6 is 0 Å². The van der Waals surface area contributed by atoms with Crippen LogP contribution < -0.4 is 19.5 Å². The molecule has 0 fully saturated rings. The maximum absolute atomic E-state index is 12.5. The van der Waals surface area contributed by atoms with Crippen molar-refractivity contribution in [2.24, 2.45) is 0 Å². The minimum absolute atomic E-state index is 0.0480. The molecule has 0 aliphatic rings. The molecule has 0 heterocycles. The van der Waals surface area contributed by atoms with Gasteiger partial charge in [-0.25, -0.2) is 0 Å². The Morgan fingerprint density at radius 2 is 1.60 bits per heavy atom. The molecule has 2 rings (SSSR count). The van der Waals surface area contributed by atoms with Crippen LogP contribution in [0.3, 0.4) is 0 Å². The Hall–Kier alpha value is -2.69. The second-order valence-electron chi connectivity index (χ2n) is 5.81. The Labute approximate surface area is 148 Å². The van der Waals surface area contributed by atoms with Crippen molar-refractivity contribution in [1.29, 1.82) is 0 Å². The van der Waals surface area contributed by atoms with Crippen LogP contribution in [-0.2, 0) is 6.42 Å². The molecular weight excluding hydrogens is 318 g/mol. The second kappa shape index (κ2) is 8.97. The van der Waals surface area contributed by atoms with Crippen LogP contribution in [0.5, 0.6) is 17.2 Å². The molecule has 0 saturated heterocycles. The van der Waals surface area contributed by atoms with Gasteiger partial charge in [0.15, 0.2) is 11.5 Å². The third kappa shape index (κ3) is 4.89. The highest BCUT2D eigenvalue weighted by Gasteiger charge is 2.18. The molecule has 0 spiro atoms. The average molecular weight is 343 g/mol. The fourth-order valence-electron chi connectivity index (χ4n) is 2.62. The van der Waals surface area contributed by atoms with Crippen LogP contribution in [0, 0.1) is 0 Å². The highest BCUT2D eigenvalue weighted by Crippen LogP contribution is 2.38. The number of aryl methyl sites for hydroxylation is 1. The predicted octanol–water partition coefficient (Wildman–Crippen LogP) is 3.46. The Kier molecular flexibility index (Phi) is 6.69. The topological polar surface area (TPSA) is 56.8 Å². The van der Waals surface area contributed by atoms with Gasteiger partial charge in [-0.15, -0.1) is 0 Å². The second-order valence-corrected chi connectivity index (χ2v) is 5.81. The van der Waals surface area contributed by atoms with Crippen molar-refractivity contribution < 1.29 is 19.0 Å². The van der Waals surface area contributed by atoms with Crippen molar-refractivity contribution in [2.75, 3.05) is 21.3 Å². The first-order chi connectivity index (χ1) is 12.1. The Balaban J connectivity index is 2.04. The molecule has 1 N–H and O–H groups in total. The quantitative estimate of drug-likeness (QED) is 0.797. The van der Waals surface area contributed by atoms with E-state index in [0.29, 0.717) is 22.8 Å². The molecule has 1 atom stereocenters. The van der Waals surface area contributed by atoms with E-state index in [4.69, 9.17) is 14.2 Å². The van der Waals surface area contributed by atoms with Crippen LogP contribution in [0.15, 0.2) is 42.5 Å². The molecule has 0 radical (unpaired) electrons. The zero-order valence-corrected chi connectivity index (χ0v) is 15.2. The number of rotatable bonds is 8. The van der Waals surface area contributed by atoms with Crippen LogP contribution in [0.2, 0.25) is 0 Å². The third-order valence-corrected chi connectivity index (χ3v) is 4.01. The molecule has 2 aromatic carbocycles. The van der Waals surface area contributed by atoms with E-state index >= 15 is 0 Å². The lowest BCUT2D eigenvalue weighted by atomic mass is 10.1. The van der Waals surface area contributed by atoms with Crippen molar-refractivity contribution in [2.45, 2.75) is 25.8 Å². The molecule has 1 amide bonds. The summed E-state index contributed by atoms with van der Waals surface area (Å²) in [4.78, 5) is 12.5. The van der Waals surface area contributed by atoms with E-state index in [-0.39, 0.29) is 11.9 Å². The number of amides is 1. The number of methoxy groups -OCH3 is 3. The lowest BCUT2D eigenvalue weighted by Gasteiger charge is -2.16. The summed E-state index contributed by atoms with van der Waals surface area (Å²) in [5.74, 6) is 1.23. The maximum atomic E-state index is 12.5. The van der Waals surface area contributed by atoms with Gasteiger partial charge < -0.3 is 19.5 Å². The molecule has 25 heavy (non-hydrogen) atoms. The Bertz CT molecular complexity index is 675. The van der Waals surface area contributed by atoms with E-state index in [9.17, 15) is 4.79 Å². The lowest BCUT2D eigenvalue weighted by Crippen LogP contribution is -2.32. The van der Waals surface area contributed by atoms with Gasteiger partial charge in [-0.2, -0.15) is 0 Å². The fourth-order valence-corrected chi connectivity index (χ4v) is 2.62. The van der Waals surface area contributed by atoms with Crippen molar-refractivity contribution >= 4 is 5.91 Å². The summed E-state index contributed by atoms with van der Waals surface area (Å²) in [7, 11) is 4.59. The van der Waals surface area contributed by atoms with Crippen LogP contribution in [0.25, 0.3) is 0 Å². The van der Waals surface area contributed by atoms with Crippen LogP contribution in [0.1, 0.15) is 29.3 Å². The number of ether oxygens (including phenoxy) is 3. The van der Waals surface area contributed by atoms with Crippen molar-refractivity contribution in [3.63, 3.8) is 0 Å². The van der Waals surface area contributed by atoms with Gasteiger partial charge in [-0.3, -0.25) is 4.79 Å². The molecule has 0 aromatic heterocycles. The zero-order chi connectivity index (χ0) is 18.2. The highest BCUT2D eigenvalue weighted by atomic mass is 16.5. The van der Waals surface area contributed by atoms with Gasteiger partial charge in [0, 0.05) is 11.6 Å². The number of carbonyl (C=O) groups is 1. The van der Waals surface area contributed by atoms with Gasteiger partial charge in [0.1, 0.15) is 0 Å². The van der Waals surface area contributed by atoms with Gasteiger partial charge >= 0.3 is 0 Å². The van der Waals surface area contributed by atoms with Crippen LogP contribution in [0.4, 0.5) is 0 Å². The van der Waals surface area contributed by atoms with Crippen LogP contribution in [-0.4, -0.2) is 33.3 Å². The first-order valence-electron chi connectivity index (χ1n) is 8.23. The van der Waals surface area contributed by atoms with Crippen molar-refractivity contribution in [3.05, 3.63) is 53.6 Å². The standard InChI is InChI=1S/C20H25NO4/c1-14(10-11-15-8-6-5-7-9-15)21-20(22)16-12-17(23-2)19(25-4)18(13-16)24-3/h5-9,12-14H,10-11H2,1-4H3,(H,21,22)/t14-/m1/s1. The largest absolute Gasteiger partial charge is 0.493 e. The first kappa shape index (κ1) is 18.6. The normalized spacial score (nSPS) is 11.5. The monoisotopic (exact) mass is 343 g/mol. The molecule has 2 aromatic rings. The van der Waals surface area contributed by atoms with Crippen molar-refractivity contribution in [1.82, 2.24) is 5.32 Å². The average Bonchev–Trinajstić information content (AvgIpc) is 2.65. The number of benzene rings is 2. The van der Waals surface area contributed by atoms with Gasteiger partial charge in [-0.05, 0) is 37.5 Å². The molecule has 5 nitrogen and oxygen atoms in total. The van der Waals surface area contributed by atoms with Gasteiger partial charge in [0.25, 0.3) is 5.91 Å². The van der Waals surface area contributed by atoms with E-state index in [0.717, 1.165) is 12.8 Å². The molecule has 0 saturated carbocycles. The zero-order valence-electron chi connectivity index (χ0n) is 15.2. The molecule has 5 heteroatoms. The summed E-state index contributed by atoms with van der Waals surface area (Å²) in [6, 6.07) is 13.6. The maximum Gasteiger partial charge on any atom is 0.251 e. The summed E-state index contributed by atoms with van der Waals surface area (Å²) in [6.07, 6.45) is 1.78. The third-order valence-electron chi connectivity index (χ3n) is 4.01. The molecule has 134 valence electrons. The minimum atomic E-state index is -0.167. The number of nitrogens with one attached hydrogen (secondary N) is 1. The molecule has 0 aliphatic carbocycles. The van der Waals surface area contributed by atoms with E-state index < -0.39 is 0 Å². The van der Waals surface area contributed by atoms with E-state index in [1.165, 1.54) is 26.9 Å². The fraction of sp³-hybridized carbons (Fsp3) is 0.350. The van der Waals surface area contributed by atoms with Gasteiger partial charge in [-0.1, -0.05) is 30.3 Å². The van der Waals surface area contributed by atoms with E-state index in [1.54, 1.807) is 12.1 Å². The molecule has 0 unspecified atom stereocenters. The summed E-state index contributed by atoms with van der Waals surface area (Å²) in [5, 5.41) is 3.02. The first-order valence-corrected chi connectivity index (χ1v) is 8.23. The van der Waals surface area contributed by atoms with Crippen molar-refractivity contribution in [3.8, 4) is 17.2 Å².